The zero-order valence-electron chi connectivity index (χ0n) is 12.2. The molecule has 0 spiro atoms. The van der Waals surface area contributed by atoms with Crippen LogP contribution in [-0.4, -0.2) is 31.2 Å². The number of para-hydroxylation sites is 1. The molecule has 2 rings (SSSR count). The number of nitrogens with one attached hydrogen (secondary N) is 1. The number of benzene rings is 2. The summed E-state index contributed by atoms with van der Waals surface area (Å²) >= 11 is 1.11. The monoisotopic (exact) mass is 349 g/mol. The summed E-state index contributed by atoms with van der Waals surface area (Å²) < 4.78 is 28.0. The van der Waals surface area contributed by atoms with Crippen molar-refractivity contribution in [1.82, 2.24) is 5.43 Å². The van der Waals surface area contributed by atoms with E-state index in [0.717, 1.165) is 11.8 Å². The van der Waals surface area contributed by atoms with Gasteiger partial charge in [0.25, 0.3) is 10.0 Å². The van der Waals surface area contributed by atoms with Crippen molar-refractivity contribution in [2.75, 3.05) is 6.26 Å². The van der Waals surface area contributed by atoms with Crippen molar-refractivity contribution in [3.05, 3.63) is 60.2 Å². The van der Waals surface area contributed by atoms with Gasteiger partial charge in [-0.25, -0.2) is 0 Å². The Morgan fingerprint density at radius 1 is 1.13 bits per heavy atom. The topological polar surface area (TPSA) is 91.1 Å². The number of nitrogens with zero attached hydrogens (tertiary/aromatic N) is 2. The molecule has 0 aliphatic carbocycles. The maximum Gasteiger partial charge on any atom is 0.284 e. The maximum absolute atomic E-state index is 12.2. The number of hydrazone groups is 1. The molecule has 0 aliphatic rings. The smallest absolute Gasteiger partial charge is 0.284 e. The van der Waals surface area contributed by atoms with E-state index in [-0.39, 0.29) is 15.8 Å². The van der Waals surface area contributed by atoms with Crippen LogP contribution < -0.4 is 5.43 Å². The number of hydrogen-bond acceptors (Lipinski definition) is 5. The molecule has 23 heavy (non-hydrogen) atoms. The fourth-order valence-corrected chi connectivity index (χ4v) is 3.21. The summed E-state index contributed by atoms with van der Waals surface area (Å²) in [6.45, 7) is 0. The molecule has 0 fully saturated rings. The molecule has 0 saturated carbocycles. The third kappa shape index (κ3) is 4.83. The van der Waals surface area contributed by atoms with Crippen molar-refractivity contribution in [2.24, 2.45) is 9.50 Å². The predicted molar refractivity (Wildman–Crippen MR) is 93.4 cm³/mol. The first kappa shape index (κ1) is 17.0. The van der Waals surface area contributed by atoms with Gasteiger partial charge >= 0.3 is 0 Å². The van der Waals surface area contributed by atoms with E-state index in [0.29, 0.717) is 5.56 Å². The minimum Gasteiger partial charge on any atom is -0.507 e. The highest BCUT2D eigenvalue weighted by Crippen LogP contribution is 2.14. The van der Waals surface area contributed by atoms with Crippen molar-refractivity contribution >= 4 is 33.2 Å². The van der Waals surface area contributed by atoms with Crippen LogP contribution in [-0.2, 0) is 10.0 Å². The zero-order valence-corrected chi connectivity index (χ0v) is 13.9. The van der Waals surface area contributed by atoms with Gasteiger partial charge in [-0.2, -0.15) is 13.5 Å². The number of phenols is 1. The first-order valence-corrected chi connectivity index (χ1v) is 9.20. The third-order valence-corrected chi connectivity index (χ3v) is 4.71. The Morgan fingerprint density at radius 2 is 1.78 bits per heavy atom. The highest BCUT2D eigenvalue weighted by molar-refractivity contribution is 8.13. The van der Waals surface area contributed by atoms with E-state index in [1.807, 2.05) is 0 Å². The van der Waals surface area contributed by atoms with Crippen molar-refractivity contribution in [3.63, 3.8) is 0 Å². The molecule has 120 valence electrons. The van der Waals surface area contributed by atoms with Gasteiger partial charge in [-0.1, -0.05) is 42.1 Å². The van der Waals surface area contributed by atoms with Crippen LogP contribution in [0.3, 0.4) is 0 Å². The van der Waals surface area contributed by atoms with E-state index in [1.165, 1.54) is 24.4 Å². The van der Waals surface area contributed by atoms with E-state index in [4.69, 9.17) is 0 Å². The Labute approximate surface area is 139 Å². The van der Waals surface area contributed by atoms with Crippen LogP contribution in [0.2, 0.25) is 0 Å². The molecule has 6 nitrogen and oxygen atoms in total. The molecule has 0 heterocycles. The quantitative estimate of drug-likeness (QED) is 0.502. The van der Waals surface area contributed by atoms with Gasteiger partial charge in [0, 0.05) is 5.56 Å². The predicted octanol–water partition coefficient (Wildman–Crippen LogP) is 2.42. The van der Waals surface area contributed by atoms with Crippen LogP contribution in [0.5, 0.6) is 5.75 Å². The number of phenolic OH excluding ortho intramolecular Hbond substituents is 1. The second-order valence-electron chi connectivity index (χ2n) is 4.32. The zero-order chi connectivity index (χ0) is 16.7. The minimum atomic E-state index is -3.79. The van der Waals surface area contributed by atoms with E-state index < -0.39 is 10.0 Å². The Balaban J connectivity index is 2.15. The fourth-order valence-electron chi connectivity index (χ4n) is 1.61. The summed E-state index contributed by atoms with van der Waals surface area (Å²) in [6, 6.07) is 14.6. The van der Waals surface area contributed by atoms with Gasteiger partial charge in [0.2, 0.25) is 0 Å². The highest BCUT2D eigenvalue weighted by atomic mass is 32.2. The number of sulfonamides is 1. The lowest BCUT2D eigenvalue weighted by molar-refractivity contribution is 0.474. The molecule has 0 aromatic heterocycles. The van der Waals surface area contributed by atoms with Gasteiger partial charge in [-0.05, 0) is 30.5 Å². The number of amidine groups is 1. The van der Waals surface area contributed by atoms with Crippen molar-refractivity contribution < 1.29 is 13.5 Å². The number of aromatic hydroxyl groups is 1. The largest absolute Gasteiger partial charge is 0.507 e. The number of thioether (sulfide) groups is 1. The lowest BCUT2D eigenvalue weighted by Crippen LogP contribution is -2.16. The molecule has 8 heteroatoms. The summed E-state index contributed by atoms with van der Waals surface area (Å²) in [7, 11) is -3.79. The first-order valence-electron chi connectivity index (χ1n) is 6.54. The Kier molecular flexibility index (Phi) is 5.78. The molecule has 0 aliphatic heterocycles. The fraction of sp³-hybridized carbons (Fsp3) is 0.0667. The molecule has 0 atom stereocenters. The molecular weight excluding hydrogens is 334 g/mol. The first-order chi connectivity index (χ1) is 11.0. The summed E-state index contributed by atoms with van der Waals surface area (Å²) in [5.74, 6) is 0.0811. The SMILES string of the molecule is CSC(=NS(=O)(=O)c1ccccc1)NN=Cc1ccccc1O. The van der Waals surface area contributed by atoms with Crippen molar-refractivity contribution in [3.8, 4) is 5.75 Å². The van der Waals surface area contributed by atoms with Gasteiger partial charge in [0.15, 0.2) is 5.17 Å². The molecule has 2 N–H and O–H groups in total. The van der Waals surface area contributed by atoms with Crippen LogP contribution >= 0.6 is 11.8 Å². The van der Waals surface area contributed by atoms with Crippen LogP contribution in [0.1, 0.15) is 5.56 Å². The van der Waals surface area contributed by atoms with E-state index >= 15 is 0 Å². The van der Waals surface area contributed by atoms with Gasteiger partial charge in [0.1, 0.15) is 5.75 Å². The van der Waals surface area contributed by atoms with Gasteiger partial charge in [-0.15, -0.1) is 4.40 Å². The molecule has 0 saturated heterocycles. The summed E-state index contributed by atoms with van der Waals surface area (Å²) in [5, 5.41) is 13.6. The van der Waals surface area contributed by atoms with E-state index in [1.54, 1.807) is 42.7 Å². The Bertz CT molecular complexity index is 819. The van der Waals surface area contributed by atoms with E-state index in [2.05, 4.69) is 14.9 Å². The highest BCUT2D eigenvalue weighted by Gasteiger charge is 2.13. The molecule has 2 aromatic rings. The van der Waals surface area contributed by atoms with Crippen molar-refractivity contribution in [1.29, 1.82) is 0 Å². The second kappa shape index (κ2) is 7.80. The lowest BCUT2D eigenvalue weighted by Gasteiger charge is -2.03. The van der Waals surface area contributed by atoms with Crippen LogP contribution in [0.4, 0.5) is 0 Å². The van der Waals surface area contributed by atoms with Crippen LogP contribution in [0.15, 0.2) is 69.0 Å². The molecular formula is C15H15N3O3S2. The standard InChI is InChI=1S/C15H15N3O3S2/c1-22-15(17-16-11-12-7-5-6-10-14(12)19)18-23(20,21)13-8-3-2-4-9-13/h2-11,19H,1H3,(H,17,18). The van der Waals surface area contributed by atoms with Crippen LogP contribution in [0, 0.1) is 0 Å². The maximum atomic E-state index is 12.2. The van der Waals surface area contributed by atoms with Crippen LogP contribution in [0.25, 0.3) is 0 Å². The third-order valence-electron chi connectivity index (χ3n) is 2.74. The second-order valence-corrected chi connectivity index (χ2v) is 6.72. The average molecular weight is 349 g/mol. The molecule has 0 radical (unpaired) electrons. The average Bonchev–Trinajstić information content (AvgIpc) is 2.56. The number of rotatable bonds is 4. The summed E-state index contributed by atoms with van der Waals surface area (Å²) in [5.41, 5.74) is 3.07. The number of hydrogen-bond donors (Lipinski definition) is 2. The summed E-state index contributed by atoms with van der Waals surface area (Å²) in [6.07, 6.45) is 3.07. The normalized spacial score (nSPS) is 12.5. The molecule has 0 unspecified atom stereocenters. The lowest BCUT2D eigenvalue weighted by atomic mass is 10.2. The Morgan fingerprint density at radius 3 is 2.43 bits per heavy atom. The minimum absolute atomic E-state index is 0.0811. The van der Waals surface area contributed by atoms with Gasteiger partial charge in [0.05, 0.1) is 11.1 Å². The molecule has 2 aromatic carbocycles. The Hall–Kier alpha value is -2.32. The summed E-state index contributed by atoms with van der Waals surface area (Å²) in [4.78, 5) is 0.109. The van der Waals surface area contributed by atoms with E-state index in [9.17, 15) is 13.5 Å². The van der Waals surface area contributed by atoms with Crippen molar-refractivity contribution in [2.45, 2.75) is 4.90 Å². The van der Waals surface area contributed by atoms with Gasteiger partial charge < -0.3 is 5.11 Å². The van der Waals surface area contributed by atoms with Gasteiger partial charge in [-0.3, -0.25) is 5.43 Å². The molecule has 0 bridgehead atoms. The molecule has 0 amide bonds.